The molecule has 1 N–H and O–H groups in total. The molecule has 2 rings (SSSR count). The van der Waals surface area contributed by atoms with Gasteiger partial charge < -0.3 is 10.2 Å². The largest absolute Gasteiger partial charge is 0.352 e. The normalized spacial score (nSPS) is 10.7. The third-order valence-corrected chi connectivity index (χ3v) is 4.22. The lowest BCUT2D eigenvalue weighted by Gasteiger charge is -2.08. The molecule has 8 heteroatoms. The Hall–Kier alpha value is -2.41. The van der Waals surface area contributed by atoms with Gasteiger partial charge in [-0.15, -0.1) is 5.10 Å². The Kier molecular flexibility index (Phi) is 6.74. The molecule has 0 aliphatic carbocycles. The molecule has 1 heterocycles. The molecule has 6 nitrogen and oxygen atoms in total. The van der Waals surface area contributed by atoms with Crippen molar-refractivity contribution in [2.24, 2.45) is 0 Å². The van der Waals surface area contributed by atoms with E-state index in [0.29, 0.717) is 35.4 Å². The molecule has 0 fully saturated rings. The predicted octanol–water partition coefficient (Wildman–Crippen LogP) is 2.91. The zero-order valence-corrected chi connectivity index (χ0v) is 15.7. The predicted molar refractivity (Wildman–Crippen MR) is 95.2 cm³/mol. The first-order valence-corrected chi connectivity index (χ1v) is 8.66. The molecule has 1 aromatic carbocycles. The highest BCUT2D eigenvalue weighted by Crippen LogP contribution is 2.17. The molecule has 0 radical (unpaired) electrons. The van der Waals surface area contributed by atoms with Crippen LogP contribution in [0.5, 0.6) is 0 Å². The highest BCUT2D eigenvalue weighted by atomic mass is 35.5. The Bertz CT molecular complexity index is 820. The second kappa shape index (κ2) is 8.80. The molecule has 0 bridgehead atoms. The topological polar surface area (TPSA) is 73.2 Å². The summed E-state index contributed by atoms with van der Waals surface area (Å²) in [4.78, 5) is 30.2. The Morgan fingerprint density at radius 1 is 1.35 bits per heavy atom. The highest BCUT2D eigenvalue weighted by Gasteiger charge is 2.17. The second-order valence-corrected chi connectivity index (χ2v) is 6.33. The quantitative estimate of drug-likeness (QED) is 0.800. The monoisotopic (exact) mass is 381 g/mol. The summed E-state index contributed by atoms with van der Waals surface area (Å²) in [6.07, 6.45) is 1.06. The van der Waals surface area contributed by atoms with Crippen LogP contribution in [0.15, 0.2) is 18.2 Å². The first-order chi connectivity index (χ1) is 12.3. The summed E-state index contributed by atoms with van der Waals surface area (Å²) < 4.78 is 13.0. The van der Waals surface area contributed by atoms with Crippen LogP contribution in [0, 0.1) is 19.7 Å². The lowest BCUT2D eigenvalue weighted by molar-refractivity contribution is -0.146. The van der Waals surface area contributed by atoms with Crippen molar-refractivity contribution in [1.82, 2.24) is 15.3 Å². The SMILES string of the molecule is CCCC(=O)On1nc(C)c(CC(=O)NCc2ccc(F)cc2Cl)c1C. The summed E-state index contributed by atoms with van der Waals surface area (Å²) >= 11 is 5.95. The van der Waals surface area contributed by atoms with E-state index in [9.17, 15) is 14.0 Å². The lowest BCUT2D eigenvalue weighted by atomic mass is 10.1. The van der Waals surface area contributed by atoms with Gasteiger partial charge in [0.1, 0.15) is 5.82 Å². The van der Waals surface area contributed by atoms with Gasteiger partial charge in [0.2, 0.25) is 5.91 Å². The number of amides is 1. The molecule has 0 saturated carbocycles. The van der Waals surface area contributed by atoms with Gasteiger partial charge in [0.15, 0.2) is 0 Å². The van der Waals surface area contributed by atoms with Crippen LogP contribution in [-0.2, 0) is 22.6 Å². The van der Waals surface area contributed by atoms with Crippen LogP contribution in [0.2, 0.25) is 5.02 Å². The lowest BCUT2D eigenvalue weighted by Crippen LogP contribution is -2.25. The second-order valence-electron chi connectivity index (χ2n) is 5.92. The third kappa shape index (κ3) is 5.05. The van der Waals surface area contributed by atoms with Crippen molar-refractivity contribution in [2.75, 3.05) is 0 Å². The van der Waals surface area contributed by atoms with Gasteiger partial charge in [-0.1, -0.05) is 29.4 Å². The van der Waals surface area contributed by atoms with Gasteiger partial charge in [0.25, 0.3) is 0 Å². The molecule has 140 valence electrons. The zero-order valence-electron chi connectivity index (χ0n) is 14.9. The van der Waals surface area contributed by atoms with E-state index in [1.54, 1.807) is 13.8 Å². The number of nitrogens with one attached hydrogen (secondary N) is 1. The van der Waals surface area contributed by atoms with Crippen LogP contribution in [0.1, 0.15) is 42.3 Å². The van der Waals surface area contributed by atoms with Gasteiger partial charge in [-0.3, -0.25) is 4.79 Å². The van der Waals surface area contributed by atoms with Crippen LogP contribution >= 0.6 is 11.6 Å². The van der Waals surface area contributed by atoms with E-state index in [1.807, 2.05) is 6.92 Å². The van der Waals surface area contributed by atoms with E-state index in [0.717, 1.165) is 4.85 Å². The first-order valence-electron chi connectivity index (χ1n) is 8.28. The van der Waals surface area contributed by atoms with E-state index in [-0.39, 0.29) is 29.9 Å². The van der Waals surface area contributed by atoms with Crippen molar-refractivity contribution in [1.29, 1.82) is 0 Å². The molecular weight excluding hydrogens is 361 g/mol. The van der Waals surface area contributed by atoms with Crippen molar-refractivity contribution >= 4 is 23.5 Å². The zero-order chi connectivity index (χ0) is 19.3. The molecule has 1 amide bonds. The molecule has 0 aliphatic heterocycles. The Labute approximate surface area is 156 Å². The average molecular weight is 382 g/mol. The average Bonchev–Trinajstić information content (AvgIpc) is 2.81. The number of hydrogen-bond donors (Lipinski definition) is 1. The number of aryl methyl sites for hydroxylation is 1. The van der Waals surface area contributed by atoms with Gasteiger partial charge in [-0.25, -0.2) is 9.18 Å². The molecular formula is C18H21ClFN3O3. The van der Waals surface area contributed by atoms with Crippen molar-refractivity contribution in [2.45, 2.75) is 46.6 Å². The van der Waals surface area contributed by atoms with Crippen LogP contribution in [0.3, 0.4) is 0 Å². The first kappa shape index (κ1) is 19.9. The molecule has 0 atom stereocenters. The fourth-order valence-electron chi connectivity index (χ4n) is 2.42. The number of benzene rings is 1. The number of carbonyl (C=O) groups excluding carboxylic acids is 2. The molecule has 0 unspecified atom stereocenters. The maximum Gasteiger partial charge on any atom is 0.334 e. The van der Waals surface area contributed by atoms with Gasteiger partial charge in [-0.2, -0.15) is 0 Å². The molecule has 0 saturated heterocycles. The summed E-state index contributed by atoms with van der Waals surface area (Å²) in [6.45, 7) is 5.55. The van der Waals surface area contributed by atoms with E-state index in [4.69, 9.17) is 16.4 Å². The van der Waals surface area contributed by atoms with E-state index in [2.05, 4.69) is 10.4 Å². The smallest absolute Gasteiger partial charge is 0.334 e. The minimum absolute atomic E-state index is 0.0851. The summed E-state index contributed by atoms with van der Waals surface area (Å²) in [5, 5.41) is 7.16. The summed E-state index contributed by atoms with van der Waals surface area (Å²) in [5.41, 5.74) is 2.53. The van der Waals surface area contributed by atoms with Crippen LogP contribution in [0.4, 0.5) is 4.39 Å². The summed E-state index contributed by atoms with van der Waals surface area (Å²) in [7, 11) is 0. The van der Waals surface area contributed by atoms with Gasteiger partial charge in [0.05, 0.1) is 17.8 Å². The summed E-state index contributed by atoms with van der Waals surface area (Å²) in [5.74, 6) is -1.04. The molecule has 2 aromatic rings. The number of aromatic nitrogens is 2. The third-order valence-electron chi connectivity index (χ3n) is 3.87. The minimum atomic E-state index is -0.429. The molecule has 26 heavy (non-hydrogen) atoms. The number of halogens is 2. The Morgan fingerprint density at radius 2 is 2.08 bits per heavy atom. The van der Waals surface area contributed by atoms with Crippen molar-refractivity contribution in [3.05, 3.63) is 51.6 Å². The maximum atomic E-state index is 13.0. The van der Waals surface area contributed by atoms with Crippen molar-refractivity contribution in [3.63, 3.8) is 0 Å². The fraction of sp³-hybridized carbons (Fsp3) is 0.389. The Balaban J connectivity index is 2.00. The molecule has 0 aliphatic rings. The van der Waals surface area contributed by atoms with E-state index < -0.39 is 5.82 Å². The molecule has 1 aromatic heterocycles. The standard InChI is InChI=1S/C18H21ClFN3O3/c1-4-5-18(25)26-23-12(3)15(11(2)22-23)9-17(24)21-10-13-6-7-14(20)8-16(13)19/h6-8H,4-5,9-10H2,1-3H3,(H,21,24). The van der Waals surface area contributed by atoms with Crippen LogP contribution in [-0.4, -0.2) is 21.8 Å². The number of hydrogen-bond acceptors (Lipinski definition) is 4. The van der Waals surface area contributed by atoms with Crippen LogP contribution in [0.25, 0.3) is 0 Å². The van der Waals surface area contributed by atoms with Crippen LogP contribution < -0.4 is 10.2 Å². The van der Waals surface area contributed by atoms with Crippen molar-refractivity contribution in [3.8, 4) is 0 Å². The van der Waals surface area contributed by atoms with E-state index >= 15 is 0 Å². The Morgan fingerprint density at radius 3 is 2.73 bits per heavy atom. The maximum absolute atomic E-state index is 13.0. The minimum Gasteiger partial charge on any atom is -0.352 e. The van der Waals surface area contributed by atoms with Gasteiger partial charge in [0, 0.05) is 23.6 Å². The van der Waals surface area contributed by atoms with Crippen molar-refractivity contribution < 1.29 is 18.8 Å². The fourth-order valence-corrected chi connectivity index (χ4v) is 2.66. The molecule has 0 spiro atoms. The summed E-state index contributed by atoms with van der Waals surface area (Å²) in [6, 6.07) is 4.02. The number of nitrogens with zero attached hydrogens (tertiary/aromatic N) is 2. The number of carbonyl (C=O) groups is 2. The number of rotatable bonds is 7. The van der Waals surface area contributed by atoms with Gasteiger partial charge >= 0.3 is 5.97 Å². The highest BCUT2D eigenvalue weighted by molar-refractivity contribution is 6.31. The van der Waals surface area contributed by atoms with E-state index in [1.165, 1.54) is 18.2 Å². The van der Waals surface area contributed by atoms with Gasteiger partial charge in [-0.05, 0) is 38.0 Å².